The topological polar surface area (TPSA) is 228 Å². The Morgan fingerprint density at radius 1 is 0.500 bits per heavy atom. The van der Waals surface area contributed by atoms with Crippen LogP contribution in [0.1, 0.15) is 74.5 Å². The fraction of sp³-hybridized carbons (Fsp3) is 0.276. The van der Waals surface area contributed by atoms with Crippen molar-refractivity contribution in [1.29, 1.82) is 0 Å². The number of hydrogen-bond donors (Lipinski definition) is 6. The van der Waals surface area contributed by atoms with E-state index < -0.39 is 12.1 Å². The fourth-order valence-electron chi connectivity index (χ4n) is 11.5. The molecule has 4 fully saturated rings. The highest BCUT2D eigenvalue weighted by molar-refractivity contribution is 6.02. The molecule has 18 nitrogen and oxygen atoms in total. The molecule has 6 atom stereocenters. The first-order valence-corrected chi connectivity index (χ1v) is 25.9. The number of amides is 6. The van der Waals surface area contributed by atoms with E-state index >= 15 is 0 Å². The van der Waals surface area contributed by atoms with Gasteiger partial charge in [-0.15, -0.1) is 0 Å². The molecule has 4 aliphatic heterocycles. The largest absolute Gasteiger partial charge is 0.351 e. The second kappa shape index (κ2) is 19.7. The number of para-hydroxylation sites is 6. The zero-order chi connectivity index (χ0) is 52.2. The highest BCUT2D eigenvalue weighted by Crippen LogP contribution is 2.34. The van der Waals surface area contributed by atoms with Crippen LogP contribution in [0, 0.1) is 5.92 Å². The van der Waals surface area contributed by atoms with Crippen LogP contribution in [0.2, 0.25) is 0 Å². The number of carbonyl (C=O) groups excluding carboxylic acids is 6. The summed E-state index contributed by atoms with van der Waals surface area (Å²) in [5.74, 6) is -0.581. The lowest BCUT2D eigenvalue weighted by atomic mass is 10.0. The van der Waals surface area contributed by atoms with Crippen molar-refractivity contribution in [3.8, 4) is 0 Å². The summed E-state index contributed by atoms with van der Waals surface area (Å²) < 4.78 is 0. The summed E-state index contributed by atoms with van der Waals surface area (Å²) in [5.41, 5.74) is 6.70. The van der Waals surface area contributed by atoms with Crippen LogP contribution in [0.3, 0.4) is 0 Å². The molecular formula is C58H56N12O6. The molecule has 6 amide bonds. The molecule has 4 bridgehead atoms. The monoisotopic (exact) mass is 1020 g/mol. The van der Waals surface area contributed by atoms with Crippen LogP contribution in [0.4, 0.5) is 0 Å². The molecule has 4 saturated heterocycles. The quantitative estimate of drug-likeness (QED) is 0.0844. The van der Waals surface area contributed by atoms with Crippen molar-refractivity contribution < 1.29 is 28.8 Å². The Morgan fingerprint density at radius 3 is 1.38 bits per heavy atom. The van der Waals surface area contributed by atoms with Gasteiger partial charge in [0, 0.05) is 54.4 Å². The Kier molecular flexibility index (Phi) is 12.4. The lowest BCUT2D eigenvalue weighted by molar-refractivity contribution is -0.136. The lowest BCUT2D eigenvalue weighted by Gasteiger charge is -2.36. The maximum Gasteiger partial charge on any atom is 0.290 e. The normalized spacial score (nSPS) is 19.4. The minimum absolute atomic E-state index is 0.0584. The number of aromatic nitrogens is 6. The molecule has 0 aliphatic carbocycles. The van der Waals surface area contributed by atoms with Crippen molar-refractivity contribution in [2.75, 3.05) is 26.2 Å². The maximum atomic E-state index is 13.9. The second-order valence-corrected chi connectivity index (χ2v) is 20.6. The summed E-state index contributed by atoms with van der Waals surface area (Å²) in [6.45, 7) is 5.66. The molecule has 9 aromatic rings. The van der Waals surface area contributed by atoms with E-state index in [-0.39, 0.29) is 65.5 Å². The minimum Gasteiger partial charge on any atom is -0.351 e. The van der Waals surface area contributed by atoms with Crippen molar-refractivity contribution in [2.45, 2.75) is 69.4 Å². The van der Waals surface area contributed by atoms with Crippen molar-refractivity contribution in [3.63, 3.8) is 0 Å². The van der Waals surface area contributed by atoms with Gasteiger partial charge in [-0.1, -0.05) is 105 Å². The van der Waals surface area contributed by atoms with Crippen LogP contribution in [0.15, 0.2) is 140 Å². The van der Waals surface area contributed by atoms with Crippen LogP contribution in [-0.4, -0.2) is 147 Å². The molecule has 0 radical (unpaired) electrons. The number of rotatable bonds is 11. The summed E-state index contributed by atoms with van der Waals surface area (Å²) in [6.07, 6.45) is 1.82. The third-order valence-corrected chi connectivity index (χ3v) is 15.4. The molecule has 4 aliphatic rings. The third-order valence-electron chi connectivity index (χ3n) is 15.4. The van der Waals surface area contributed by atoms with Gasteiger partial charge in [-0.25, -0.2) is 9.97 Å². The summed E-state index contributed by atoms with van der Waals surface area (Å²) >= 11 is 0. The van der Waals surface area contributed by atoms with Gasteiger partial charge in [-0.2, -0.15) is 0 Å². The Morgan fingerprint density at radius 2 is 0.921 bits per heavy atom. The van der Waals surface area contributed by atoms with Gasteiger partial charge in [0.2, 0.25) is 11.8 Å². The average Bonchev–Trinajstić information content (AvgIpc) is 4.33. The number of nitrogens with zero attached hydrogens (tertiary/aromatic N) is 6. The van der Waals surface area contributed by atoms with E-state index in [1.165, 1.54) is 0 Å². The van der Waals surface area contributed by atoms with Gasteiger partial charge in [0.25, 0.3) is 23.6 Å². The maximum absolute atomic E-state index is 13.9. The Labute approximate surface area is 436 Å². The van der Waals surface area contributed by atoms with Gasteiger partial charge >= 0.3 is 0 Å². The van der Waals surface area contributed by atoms with Gasteiger partial charge in [0.1, 0.15) is 23.5 Å². The number of carbonyl (C=O) groups is 6. The standard InChI is InChI=1S/C31H28N6O3.C27H28N6O3/c38-29(26-15-20-10-4-5-11-23(20)32-26)35-27(14-19-8-2-1-3-9-19)30(39)36-17-22-16-21(36)18-37(22)31(40)28-33-24-12-6-7-13-25(24)34-28;1-15(2)23(31-25(34)22-11-16-7-3-4-8-19(16)28-22)26(35)32-13-18-12-17(32)14-33(18)27(36)24-29-20-9-5-6-10-21(20)30-24/h1-13,15,21-22,27,32H,14,16-18H2,(H,33,34)(H,35,38);3-11,15,17-18,23,28H,12-14H2,1-2H3,(H,29,30)(H,31,34)/t21-,22-,27?;17-,18-,23?/m00/s1. The van der Waals surface area contributed by atoms with Crippen LogP contribution in [-0.2, 0) is 16.0 Å². The molecule has 4 aromatic heterocycles. The van der Waals surface area contributed by atoms with Crippen LogP contribution in [0.5, 0.6) is 0 Å². The molecule has 8 heterocycles. The van der Waals surface area contributed by atoms with E-state index in [0.29, 0.717) is 62.1 Å². The Balaban J connectivity index is 0.000000154. The summed E-state index contributed by atoms with van der Waals surface area (Å²) in [4.78, 5) is 109. The number of likely N-dealkylation sites (tertiary alicyclic amines) is 4. The van der Waals surface area contributed by atoms with Crippen molar-refractivity contribution in [3.05, 3.63) is 168 Å². The smallest absolute Gasteiger partial charge is 0.290 e. The molecule has 384 valence electrons. The number of H-pyrrole nitrogens is 4. The Bertz CT molecular complexity index is 3580. The van der Waals surface area contributed by atoms with Gasteiger partial charge in [0.15, 0.2) is 11.6 Å². The molecular weight excluding hydrogens is 961 g/mol. The predicted octanol–water partition coefficient (Wildman–Crippen LogP) is 6.43. The van der Waals surface area contributed by atoms with E-state index in [1.807, 2.05) is 161 Å². The first-order valence-electron chi connectivity index (χ1n) is 25.9. The zero-order valence-electron chi connectivity index (χ0n) is 41.9. The molecule has 2 unspecified atom stereocenters. The van der Waals surface area contributed by atoms with E-state index in [1.54, 1.807) is 12.1 Å². The zero-order valence-corrected chi connectivity index (χ0v) is 41.9. The number of aromatic amines is 4. The number of hydrogen-bond acceptors (Lipinski definition) is 8. The van der Waals surface area contributed by atoms with E-state index in [2.05, 4.69) is 40.5 Å². The molecule has 0 saturated carbocycles. The summed E-state index contributed by atoms with van der Waals surface area (Å²) in [7, 11) is 0. The first kappa shape index (κ1) is 47.9. The molecule has 18 heteroatoms. The van der Waals surface area contributed by atoms with Crippen molar-refractivity contribution >= 4 is 79.3 Å². The average molecular weight is 1020 g/mol. The molecule has 6 N–H and O–H groups in total. The number of nitrogens with one attached hydrogen (secondary N) is 6. The third kappa shape index (κ3) is 9.09. The lowest BCUT2D eigenvalue weighted by Crippen LogP contribution is -2.57. The Hall–Kier alpha value is -9.06. The number of piperazine rings is 2. The molecule has 76 heavy (non-hydrogen) atoms. The van der Waals surface area contributed by atoms with Gasteiger partial charge < -0.3 is 50.2 Å². The van der Waals surface area contributed by atoms with Gasteiger partial charge in [0.05, 0.1) is 46.2 Å². The van der Waals surface area contributed by atoms with Crippen molar-refractivity contribution in [2.24, 2.45) is 5.92 Å². The van der Waals surface area contributed by atoms with Gasteiger partial charge in [-0.05, 0) is 72.9 Å². The first-order chi connectivity index (χ1) is 36.9. The van der Waals surface area contributed by atoms with E-state index in [0.717, 1.165) is 55.9 Å². The predicted molar refractivity (Wildman–Crippen MR) is 286 cm³/mol. The number of imidazole rings is 2. The number of benzene rings is 5. The summed E-state index contributed by atoms with van der Waals surface area (Å²) in [6, 6.07) is 42.1. The van der Waals surface area contributed by atoms with Gasteiger partial charge in [-0.3, -0.25) is 28.8 Å². The molecule has 5 aromatic carbocycles. The molecule has 13 rings (SSSR count). The minimum atomic E-state index is -0.736. The fourth-order valence-corrected chi connectivity index (χ4v) is 11.5. The van der Waals surface area contributed by atoms with Crippen LogP contribution in [0.25, 0.3) is 43.9 Å². The number of fused-ring (bicyclic) bond motifs is 8. The van der Waals surface area contributed by atoms with E-state index in [4.69, 9.17) is 0 Å². The van der Waals surface area contributed by atoms with E-state index in [9.17, 15) is 28.8 Å². The SMILES string of the molecule is CC(C)C(NC(=O)c1cc2ccccc2[nH]1)C(=O)N1C[C@@H]2C[C@H]1CN2C(=O)c1nc2ccccc2[nH]1.O=C(NC(Cc1ccccc1)C(=O)N1C[C@@H]2C[C@H]1CN2C(=O)c1nc2ccccc2[nH]1)c1cc2ccccc2[nH]1. The highest BCUT2D eigenvalue weighted by atomic mass is 16.2. The van der Waals surface area contributed by atoms with Crippen molar-refractivity contribution in [1.82, 2.24) is 60.1 Å². The van der Waals surface area contributed by atoms with Crippen LogP contribution < -0.4 is 10.6 Å². The molecule has 0 spiro atoms. The second-order valence-electron chi connectivity index (χ2n) is 20.6. The summed E-state index contributed by atoms with van der Waals surface area (Å²) in [5, 5.41) is 7.82. The van der Waals surface area contributed by atoms with Crippen LogP contribution >= 0.6 is 0 Å². The highest BCUT2D eigenvalue weighted by Gasteiger charge is 2.50.